The summed E-state index contributed by atoms with van der Waals surface area (Å²) in [5.74, 6) is 0.196. The molecule has 1 fully saturated rings. The van der Waals surface area contributed by atoms with Crippen molar-refractivity contribution in [2.24, 2.45) is 0 Å². The molecule has 3 aromatic rings. The van der Waals surface area contributed by atoms with Gasteiger partial charge in [0.05, 0.1) is 5.69 Å². The van der Waals surface area contributed by atoms with Gasteiger partial charge in [0.1, 0.15) is 23.7 Å². The number of carbonyl (C=O) groups excluding carboxylic acids is 2. The zero-order valence-electron chi connectivity index (χ0n) is 14.5. The molecule has 0 radical (unpaired) electrons. The molecule has 1 aliphatic rings. The molecular weight excluding hydrogens is 335 g/mol. The smallest absolute Gasteiger partial charge is 0.332 e. The molecule has 2 heterocycles. The third kappa shape index (κ3) is 2.63. The highest BCUT2D eigenvalue weighted by Crippen LogP contribution is 2.31. The van der Waals surface area contributed by atoms with Crippen molar-refractivity contribution in [3.63, 3.8) is 0 Å². The molecule has 26 heavy (non-hydrogen) atoms. The van der Waals surface area contributed by atoms with Gasteiger partial charge in [-0.2, -0.15) is 0 Å². The number of anilines is 1. The van der Waals surface area contributed by atoms with E-state index in [1.54, 1.807) is 30.3 Å². The summed E-state index contributed by atoms with van der Waals surface area (Å²) in [5, 5.41) is 0.887. The summed E-state index contributed by atoms with van der Waals surface area (Å²) in [6, 6.07) is 10.8. The first kappa shape index (κ1) is 16.3. The van der Waals surface area contributed by atoms with Crippen LogP contribution in [-0.4, -0.2) is 23.4 Å². The Hall–Kier alpha value is -3.15. The second-order valence-corrected chi connectivity index (χ2v) is 6.46. The lowest BCUT2D eigenvalue weighted by Crippen LogP contribution is -2.32. The zero-order chi connectivity index (χ0) is 18.4. The Labute approximate surface area is 149 Å². The highest BCUT2D eigenvalue weighted by Gasteiger charge is 2.37. The number of hydrogen-bond donors (Lipinski definition) is 0. The van der Waals surface area contributed by atoms with Crippen LogP contribution in [0.1, 0.15) is 16.9 Å². The van der Waals surface area contributed by atoms with Crippen LogP contribution in [0.5, 0.6) is 0 Å². The standard InChI is InChI=1S/C20H17FN2O3/c1-12-13(2)26-18-8-7-16(9-17(12)18)23-19(24)11-22(20(23)25)10-14-3-5-15(21)6-4-14/h3-9H,10-11H2,1-2H3. The van der Waals surface area contributed by atoms with E-state index in [1.807, 2.05) is 13.8 Å². The number of hydrogen-bond acceptors (Lipinski definition) is 3. The molecule has 3 amide bonds. The minimum absolute atomic E-state index is 0.00234. The van der Waals surface area contributed by atoms with Crippen LogP contribution >= 0.6 is 0 Å². The quantitative estimate of drug-likeness (QED) is 0.665. The number of carbonyl (C=O) groups is 2. The topological polar surface area (TPSA) is 53.8 Å². The summed E-state index contributed by atoms with van der Waals surface area (Å²) >= 11 is 0. The van der Waals surface area contributed by atoms with Crippen LogP contribution in [0, 0.1) is 19.7 Å². The van der Waals surface area contributed by atoms with Crippen molar-refractivity contribution in [3.05, 3.63) is 65.2 Å². The molecule has 6 heteroatoms. The third-order valence-electron chi connectivity index (χ3n) is 4.74. The first-order valence-electron chi connectivity index (χ1n) is 8.30. The number of imide groups is 1. The molecule has 0 spiro atoms. The number of urea groups is 1. The van der Waals surface area contributed by atoms with Crippen molar-refractivity contribution >= 4 is 28.6 Å². The Kier molecular flexibility index (Phi) is 3.76. The van der Waals surface area contributed by atoms with Gasteiger partial charge in [-0.3, -0.25) is 4.79 Å². The molecular formula is C20H17FN2O3. The summed E-state index contributed by atoms with van der Waals surface area (Å²) < 4.78 is 18.7. The SMILES string of the molecule is Cc1oc2ccc(N3C(=O)CN(Cc4ccc(F)cc4)C3=O)cc2c1C. The van der Waals surface area contributed by atoms with Crippen LogP contribution in [0.3, 0.4) is 0 Å². The van der Waals surface area contributed by atoms with Crippen molar-refractivity contribution in [1.82, 2.24) is 4.90 Å². The van der Waals surface area contributed by atoms with Gasteiger partial charge in [0, 0.05) is 11.9 Å². The summed E-state index contributed by atoms with van der Waals surface area (Å²) in [7, 11) is 0. The fraction of sp³-hybridized carbons (Fsp3) is 0.200. The van der Waals surface area contributed by atoms with Crippen molar-refractivity contribution in [2.45, 2.75) is 20.4 Å². The number of fused-ring (bicyclic) bond motifs is 1. The molecule has 4 rings (SSSR count). The van der Waals surface area contributed by atoms with Gasteiger partial charge >= 0.3 is 6.03 Å². The average Bonchev–Trinajstić information content (AvgIpc) is 3.06. The highest BCUT2D eigenvalue weighted by atomic mass is 19.1. The lowest BCUT2D eigenvalue weighted by molar-refractivity contribution is -0.116. The lowest BCUT2D eigenvalue weighted by atomic mass is 10.1. The normalized spacial score (nSPS) is 14.7. The Balaban J connectivity index is 1.63. The van der Waals surface area contributed by atoms with Gasteiger partial charge in [-0.1, -0.05) is 12.1 Å². The second-order valence-electron chi connectivity index (χ2n) is 6.46. The molecule has 2 aromatic carbocycles. The van der Waals surface area contributed by atoms with Gasteiger partial charge in [0.2, 0.25) is 0 Å². The van der Waals surface area contributed by atoms with Crippen LogP contribution in [0.4, 0.5) is 14.9 Å². The highest BCUT2D eigenvalue weighted by molar-refractivity contribution is 6.20. The Morgan fingerprint density at radius 2 is 1.81 bits per heavy atom. The van der Waals surface area contributed by atoms with E-state index >= 15 is 0 Å². The molecule has 0 aliphatic carbocycles. The molecule has 0 N–H and O–H groups in total. The molecule has 132 valence electrons. The summed E-state index contributed by atoms with van der Waals surface area (Å²) in [6.45, 7) is 4.08. The van der Waals surface area contributed by atoms with Crippen LogP contribution < -0.4 is 4.90 Å². The number of rotatable bonds is 3. The lowest BCUT2D eigenvalue weighted by Gasteiger charge is -2.17. The Morgan fingerprint density at radius 1 is 1.08 bits per heavy atom. The Bertz CT molecular complexity index is 1020. The molecule has 1 aromatic heterocycles. The van der Waals surface area contributed by atoms with Gasteiger partial charge in [0.15, 0.2) is 0 Å². The van der Waals surface area contributed by atoms with Crippen molar-refractivity contribution in [2.75, 3.05) is 11.4 Å². The monoisotopic (exact) mass is 352 g/mol. The molecule has 5 nitrogen and oxygen atoms in total. The van der Waals surface area contributed by atoms with Crippen LogP contribution in [0.15, 0.2) is 46.9 Å². The second kappa shape index (κ2) is 5.98. The maximum Gasteiger partial charge on any atom is 0.332 e. The van der Waals surface area contributed by atoms with Crippen molar-refractivity contribution in [3.8, 4) is 0 Å². The summed E-state index contributed by atoms with van der Waals surface area (Å²) in [4.78, 5) is 27.8. The fourth-order valence-electron chi connectivity index (χ4n) is 3.21. The maximum atomic E-state index is 13.0. The summed E-state index contributed by atoms with van der Waals surface area (Å²) in [5.41, 5.74) is 3.01. The van der Waals surface area contributed by atoms with E-state index in [0.717, 1.165) is 27.9 Å². The number of nitrogens with zero attached hydrogens (tertiary/aromatic N) is 2. The molecule has 1 saturated heterocycles. The van der Waals surface area contributed by atoms with E-state index in [9.17, 15) is 14.0 Å². The number of amides is 3. The average molecular weight is 352 g/mol. The van der Waals surface area contributed by atoms with E-state index in [4.69, 9.17) is 4.42 Å². The van der Waals surface area contributed by atoms with Gasteiger partial charge in [-0.05, 0) is 55.3 Å². The number of halogens is 1. The minimum Gasteiger partial charge on any atom is -0.461 e. The van der Waals surface area contributed by atoms with E-state index in [0.29, 0.717) is 5.69 Å². The van der Waals surface area contributed by atoms with Crippen LogP contribution in [-0.2, 0) is 11.3 Å². The minimum atomic E-state index is -0.378. The van der Waals surface area contributed by atoms with E-state index in [1.165, 1.54) is 21.9 Å². The van der Waals surface area contributed by atoms with Crippen LogP contribution in [0.2, 0.25) is 0 Å². The van der Waals surface area contributed by atoms with Crippen molar-refractivity contribution < 1.29 is 18.4 Å². The maximum absolute atomic E-state index is 13.0. The number of aryl methyl sites for hydroxylation is 2. The predicted molar refractivity (Wildman–Crippen MR) is 95.4 cm³/mol. The zero-order valence-corrected chi connectivity index (χ0v) is 14.5. The number of furan rings is 1. The third-order valence-corrected chi connectivity index (χ3v) is 4.74. The largest absolute Gasteiger partial charge is 0.461 e. The molecule has 0 atom stereocenters. The number of benzene rings is 2. The fourth-order valence-corrected chi connectivity index (χ4v) is 3.21. The first-order chi connectivity index (χ1) is 12.4. The van der Waals surface area contributed by atoms with E-state index < -0.39 is 0 Å². The first-order valence-corrected chi connectivity index (χ1v) is 8.30. The molecule has 0 unspecified atom stereocenters. The molecule has 0 saturated carbocycles. The van der Waals surface area contributed by atoms with Gasteiger partial charge < -0.3 is 9.32 Å². The Morgan fingerprint density at radius 3 is 2.54 bits per heavy atom. The van der Waals surface area contributed by atoms with Gasteiger partial charge in [0.25, 0.3) is 5.91 Å². The predicted octanol–water partition coefficient (Wildman–Crippen LogP) is 4.16. The molecule has 0 bridgehead atoms. The van der Waals surface area contributed by atoms with Gasteiger partial charge in [-0.25, -0.2) is 14.1 Å². The van der Waals surface area contributed by atoms with Crippen molar-refractivity contribution in [1.29, 1.82) is 0 Å². The van der Waals surface area contributed by atoms with E-state index in [-0.39, 0.29) is 30.8 Å². The van der Waals surface area contributed by atoms with E-state index in [2.05, 4.69) is 0 Å². The van der Waals surface area contributed by atoms with Crippen LogP contribution in [0.25, 0.3) is 11.0 Å². The molecule has 1 aliphatic heterocycles. The summed E-state index contributed by atoms with van der Waals surface area (Å²) in [6.07, 6.45) is 0. The van der Waals surface area contributed by atoms with Gasteiger partial charge in [-0.15, -0.1) is 0 Å².